The topological polar surface area (TPSA) is 41.6 Å². The molecule has 1 amide bonds. The number of anilines is 1. The number of rotatable bonds is 3. The van der Waals surface area contributed by atoms with Gasteiger partial charge in [0.15, 0.2) is 11.6 Å². The second-order valence-electron chi connectivity index (χ2n) is 6.28. The number of carbonyl (C=O) groups excluding carboxylic acids is 1. The van der Waals surface area contributed by atoms with Crippen LogP contribution in [0.1, 0.15) is 25.7 Å². The Labute approximate surface area is 134 Å². The highest BCUT2D eigenvalue weighted by molar-refractivity contribution is 5.79. The zero-order valence-electron chi connectivity index (χ0n) is 13.1. The average Bonchev–Trinajstić information content (AvgIpc) is 2.58. The van der Waals surface area contributed by atoms with Crippen molar-refractivity contribution in [3.63, 3.8) is 0 Å². The fourth-order valence-corrected chi connectivity index (χ4v) is 3.32. The second-order valence-corrected chi connectivity index (χ2v) is 6.28. The van der Waals surface area contributed by atoms with Crippen molar-refractivity contribution in [2.45, 2.75) is 31.7 Å². The number of nitrogens with one attached hydrogen (secondary N) is 1. The van der Waals surface area contributed by atoms with Crippen LogP contribution >= 0.6 is 0 Å². The molecule has 0 radical (unpaired) electrons. The first-order valence-corrected chi connectivity index (χ1v) is 8.21. The molecule has 0 spiro atoms. The molecule has 0 saturated carbocycles. The SMILES string of the molecule is O=C(C1CCOCC1)N1CCCC(Nc2ccc(F)c(F)c2)C1. The number of halogens is 2. The minimum Gasteiger partial charge on any atom is -0.381 e. The molecule has 2 saturated heterocycles. The summed E-state index contributed by atoms with van der Waals surface area (Å²) in [7, 11) is 0. The van der Waals surface area contributed by atoms with Gasteiger partial charge in [0.05, 0.1) is 0 Å². The second kappa shape index (κ2) is 7.25. The van der Waals surface area contributed by atoms with E-state index in [9.17, 15) is 13.6 Å². The number of hydrogen-bond acceptors (Lipinski definition) is 3. The predicted molar refractivity (Wildman–Crippen MR) is 83.1 cm³/mol. The minimum atomic E-state index is -0.860. The van der Waals surface area contributed by atoms with Crippen LogP contribution in [0.4, 0.5) is 14.5 Å². The number of benzene rings is 1. The number of piperidine rings is 1. The third kappa shape index (κ3) is 3.99. The lowest BCUT2D eigenvalue weighted by atomic mass is 9.96. The van der Waals surface area contributed by atoms with Crippen LogP contribution in [-0.2, 0) is 9.53 Å². The highest BCUT2D eigenvalue weighted by Crippen LogP contribution is 2.22. The average molecular weight is 324 g/mol. The zero-order chi connectivity index (χ0) is 16.2. The summed E-state index contributed by atoms with van der Waals surface area (Å²) in [5, 5.41) is 3.21. The van der Waals surface area contributed by atoms with Crippen molar-refractivity contribution in [2.24, 2.45) is 5.92 Å². The quantitative estimate of drug-likeness (QED) is 0.929. The maximum Gasteiger partial charge on any atom is 0.225 e. The molecule has 23 heavy (non-hydrogen) atoms. The molecule has 126 valence electrons. The van der Waals surface area contributed by atoms with Crippen LogP contribution in [0.25, 0.3) is 0 Å². The van der Waals surface area contributed by atoms with Gasteiger partial charge in [-0.15, -0.1) is 0 Å². The molecule has 3 rings (SSSR count). The smallest absolute Gasteiger partial charge is 0.225 e. The Morgan fingerprint density at radius 1 is 1.17 bits per heavy atom. The first-order chi connectivity index (χ1) is 11.1. The Balaban J connectivity index is 1.59. The molecule has 2 fully saturated rings. The van der Waals surface area contributed by atoms with Crippen LogP contribution in [0, 0.1) is 17.6 Å². The highest BCUT2D eigenvalue weighted by atomic mass is 19.2. The molecule has 0 bridgehead atoms. The molecule has 1 aromatic carbocycles. The van der Waals surface area contributed by atoms with Crippen molar-refractivity contribution in [1.82, 2.24) is 4.90 Å². The van der Waals surface area contributed by atoms with Crippen molar-refractivity contribution < 1.29 is 18.3 Å². The maximum absolute atomic E-state index is 13.3. The van der Waals surface area contributed by atoms with Gasteiger partial charge in [0.1, 0.15) is 0 Å². The lowest BCUT2D eigenvalue weighted by molar-refractivity contribution is -0.139. The van der Waals surface area contributed by atoms with Crippen LogP contribution in [0.3, 0.4) is 0 Å². The van der Waals surface area contributed by atoms with Gasteiger partial charge in [-0.1, -0.05) is 0 Å². The summed E-state index contributed by atoms with van der Waals surface area (Å²) in [6, 6.07) is 3.87. The molecule has 1 N–H and O–H groups in total. The van der Waals surface area contributed by atoms with E-state index in [1.165, 1.54) is 6.07 Å². The fraction of sp³-hybridized carbons (Fsp3) is 0.588. The third-order valence-electron chi connectivity index (χ3n) is 4.59. The number of likely N-dealkylation sites (tertiary alicyclic amines) is 1. The summed E-state index contributed by atoms with van der Waals surface area (Å²) in [5.41, 5.74) is 0.550. The number of carbonyl (C=O) groups is 1. The van der Waals surface area contributed by atoms with E-state index in [-0.39, 0.29) is 17.9 Å². The van der Waals surface area contributed by atoms with Gasteiger partial charge < -0.3 is 15.0 Å². The van der Waals surface area contributed by atoms with Gasteiger partial charge in [-0.3, -0.25) is 4.79 Å². The lowest BCUT2D eigenvalue weighted by Crippen LogP contribution is -2.48. The summed E-state index contributed by atoms with van der Waals surface area (Å²) in [6.07, 6.45) is 3.40. The standard InChI is InChI=1S/C17H22F2N2O2/c18-15-4-3-13(10-16(15)19)20-14-2-1-7-21(11-14)17(22)12-5-8-23-9-6-12/h3-4,10,12,14,20H,1-2,5-9,11H2. The van der Waals surface area contributed by atoms with E-state index in [4.69, 9.17) is 4.74 Å². The third-order valence-corrected chi connectivity index (χ3v) is 4.59. The minimum absolute atomic E-state index is 0.0609. The van der Waals surface area contributed by atoms with Crippen LogP contribution in [0.2, 0.25) is 0 Å². The molecular formula is C17H22F2N2O2. The van der Waals surface area contributed by atoms with Gasteiger partial charge in [0, 0.05) is 50.0 Å². The normalized spacial score (nSPS) is 22.9. The summed E-state index contributed by atoms with van der Waals surface area (Å²) in [5.74, 6) is -1.45. The van der Waals surface area contributed by atoms with Crippen molar-refractivity contribution in [2.75, 3.05) is 31.6 Å². The van der Waals surface area contributed by atoms with Crippen molar-refractivity contribution in [3.8, 4) is 0 Å². The molecular weight excluding hydrogens is 302 g/mol. The molecule has 2 aliphatic rings. The molecule has 1 aromatic rings. The van der Waals surface area contributed by atoms with E-state index in [1.807, 2.05) is 4.90 Å². The fourth-order valence-electron chi connectivity index (χ4n) is 3.32. The van der Waals surface area contributed by atoms with Crippen LogP contribution in [-0.4, -0.2) is 43.2 Å². The predicted octanol–water partition coefficient (Wildman–Crippen LogP) is 2.79. The van der Waals surface area contributed by atoms with Gasteiger partial charge in [0.2, 0.25) is 5.91 Å². The van der Waals surface area contributed by atoms with Gasteiger partial charge >= 0.3 is 0 Å². The van der Waals surface area contributed by atoms with E-state index < -0.39 is 11.6 Å². The van der Waals surface area contributed by atoms with Crippen LogP contribution in [0.15, 0.2) is 18.2 Å². The first-order valence-electron chi connectivity index (χ1n) is 8.21. The van der Waals surface area contributed by atoms with Crippen molar-refractivity contribution in [3.05, 3.63) is 29.8 Å². The van der Waals surface area contributed by atoms with Gasteiger partial charge in [-0.25, -0.2) is 8.78 Å². The van der Waals surface area contributed by atoms with E-state index in [0.717, 1.165) is 44.4 Å². The van der Waals surface area contributed by atoms with Crippen LogP contribution in [0.5, 0.6) is 0 Å². The monoisotopic (exact) mass is 324 g/mol. The Bertz CT molecular complexity index is 562. The van der Waals surface area contributed by atoms with Crippen molar-refractivity contribution in [1.29, 1.82) is 0 Å². The Hall–Kier alpha value is -1.69. The number of ether oxygens (including phenoxy) is 1. The van der Waals surface area contributed by atoms with Gasteiger partial charge in [-0.2, -0.15) is 0 Å². The molecule has 4 nitrogen and oxygen atoms in total. The van der Waals surface area contributed by atoms with Gasteiger partial charge in [0.25, 0.3) is 0 Å². The highest BCUT2D eigenvalue weighted by Gasteiger charge is 2.30. The van der Waals surface area contributed by atoms with E-state index in [0.29, 0.717) is 25.4 Å². The Morgan fingerprint density at radius 3 is 2.70 bits per heavy atom. The van der Waals surface area contributed by atoms with E-state index >= 15 is 0 Å². The van der Waals surface area contributed by atoms with Crippen LogP contribution < -0.4 is 5.32 Å². The number of amides is 1. The van der Waals surface area contributed by atoms with E-state index in [1.54, 1.807) is 0 Å². The molecule has 2 heterocycles. The van der Waals surface area contributed by atoms with Gasteiger partial charge in [-0.05, 0) is 37.8 Å². The summed E-state index contributed by atoms with van der Waals surface area (Å²) in [4.78, 5) is 14.5. The zero-order valence-corrected chi connectivity index (χ0v) is 13.1. The number of nitrogens with zero attached hydrogens (tertiary/aromatic N) is 1. The molecule has 6 heteroatoms. The molecule has 0 aliphatic carbocycles. The molecule has 0 aromatic heterocycles. The van der Waals surface area contributed by atoms with Crippen molar-refractivity contribution >= 4 is 11.6 Å². The lowest BCUT2D eigenvalue weighted by Gasteiger charge is -2.36. The molecule has 1 unspecified atom stereocenters. The summed E-state index contributed by atoms with van der Waals surface area (Å²) < 4.78 is 31.6. The summed E-state index contributed by atoms with van der Waals surface area (Å²) in [6.45, 7) is 2.68. The molecule has 2 aliphatic heterocycles. The largest absolute Gasteiger partial charge is 0.381 e. The number of hydrogen-bond donors (Lipinski definition) is 1. The van der Waals surface area contributed by atoms with E-state index in [2.05, 4.69) is 5.32 Å². The molecule has 1 atom stereocenters. The summed E-state index contributed by atoms with van der Waals surface area (Å²) >= 11 is 0. The first kappa shape index (κ1) is 16.2. The Kier molecular flexibility index (Phi) is 5.10. The maximum atomic E-state index is 13.3. The Morgan fingerprint density at radius 2 is 1.96 bits per heavy atom.